The van der Waals surface area contributed by atoms with Gasteiger partial charge in [-0.1, -0.05) is 6.07 Å². The molecule has 2 saturated heterocycles. The standard InChI is InChI=1S/C20H28N6/c1-17-16-19(23-20(22-17)26-9-4-5-10-26)25-14-12-24(13-15-25)11-7-18-6-2-3-8-21-18/h2-3,6,8,16H,4-5,7,9-15H2,1H3. The van der Waals surface area contributed by atoms with Gasteiger partial charge in [-0.25, -0.2) is 4.98 Å². The van der Waals surface area contributed by atoms with Crippen LogP contribution < -0.4 is 9.80 Å². The van der Waals surface area contributed by atoms with E-state index in [0.29, 0.717) is 0 Å². The summed E-state index contributed by atoms with van der Waals surface area (Å²) in [4.78, 5) is 21.2. The van der Waals surface area contributed by atoms with Gasteiger partial charge in [0, 0.05) is 75.9 Å². The van der Waals surface area contributed by atoms with Crippen molar-refractivity contribution in [3.8, 4) is 0 Å². The van der Waals surface area contributed by atoms with Crippen LogP contribution in [0.5, 0.6) is 0 Å². The van der Waals surface area contributed by atoms with Gasteiger partial charge in [-0.15, -0.1) is 0 Å². The van der Waals surface area contributed by atoms with Crippen molar-refractivity contribution < 1.29 is 0 Å². The van der Waals surface area contributed by atoms with Crippen molar-refractivity contribution in [2.24, 2.45) is 0 Å². The molecule has 0 saturated carbocycles. The second-order valence-corrected chi connectivity index (χ2v) is 7.26. The molecule has 4 heterocycles. The molecule has 0 N–H and O–H groups in total. The van der Waals surface area contributed by atoms with Crippen LogP contribution in [-0.4, -0.2) is 65.7 Å². The van der Waals surface area contributed by atoms with E-state index in [1.807, 2.05) is 12.3 Å². The summed E-state index contributed by atoms with van der Waals surface area (Å²) in [5.74, 6) is 2.00. The van der Waals surface area contributed by atoms with Gasteiger partial charge >= 0.3 is 0 Å². The van der Waals surface area contributed by atoms with Crippen LogP contribution in [0.3, 0.4) is 0 Å². The lowest BCUT2D eigenvalue weighted by molar-refractivity contribution is 0.259. The molecule has 4 rings (SSSR count). The van der Waals surface area contributed by atoms with E-state index in [2.05, 4.69) is 49.8 Å². The Hall–Kier alpha value is -2.21. The summed E-state index contributed by atoms with van der Waals surface area (Å²) in [6.07, 6.45) is 5.40. The predicted octanol–water partition coefficient (Wildman–Crippen LogP) is 2.14. The van der Waals surface area contributed by atoms with Crippen LogP contribution in [-0.2, 0) is 6.42 Å². The highest BCUT2D eigenvalue weighted by Gasteiger charge is 2.21. The van der Waals surface area contributed by atoms with Crippen LogP contribution in [0.25, 0.3) is 0 Å². The number of nitrogens with zero attached hydrogens (tertiary/aromatic N) is 6. The maximum atomic E-state index is 4.87. The van der Waals surface area contributed by atoms with Crippen molar-refractivity contribution in [3.63, 3.8) is 0 Å². The molecule has 6 heteroatoms. The Labute approximate surface area is 155 Å². The first-order chi connectivity index (χ1) is 12.8. The SMILES string of the molecule is Cc1cc(N2CCN(CCc3ccccn3)CC2)nc(N2CCCC2)n1. The van der Waals surface area contributed by atoms with E-state index in [-0.39, 0.29) is 0 Å². The van der Waals surface area contributed by atoms with Crippen LogP contribution in [0.1, 0.15) is 24.2 Å². The third-order valence-corrected chi connectivity index (χ3v) is 5.32. The smallest absolute Gasteiger partial charge is 0.227 e. The molecule has 0 spiro atoms. The Balaban J connectivity index is 1.34. The molecule has 26 heavy (non-hydrogen) atoms. The highest BCUT2D eigenvalue weighted by Crippen LogP contribution is 2.21. The van der Waals surface area contributed by atoms with Crippen LogP contribution in [0.15, 0.2) is 30.5 Å². The molecule has 2 aliphatic heterocycles. The maximum Gasteiger partial charge on any atom is 0.227 e. The quantitative estimate of drug-likeness (QED) is 0.822. The number of anilines is 2. The van der Waals surface area contributed by atoms with Gasteiger partial charge in [0.2, 0.25) is 5.95 Å². The molecular weight excluding hydrogens is 324 g/mol. The first kappa shape index (κ1) is 17.2. The number of aryl methyl sites for hydroxylation is 1. The fraction of sp³-hybridized carbons (Fsp3) is 0.550. The second-order valence-electron chi connectivity index (χ2n) is 7.26. The van der Waals surface area contributed by atoms with Gasteiger partial charge in [0.15, 0.2) is 0 Å². The first-order valence-corrected chi connectivity index (χ1v) is 9.76. The highest BCUT2D eigenvalue weighted by atomic mass is 15.3. The molecule has 2 aromatic rings. The van der Waals surface area contributed by atoms with E-state index in [1.165, 1.54) is 18.5 Å². The molecule has 0 unspecified atom stereocenters. The van der Waals surface area contributed by atoms with E-state index in [9.17, 15) is 0 Å². The van der Waals surface area contributed by atoms with E-state index in [1.54, 1.807) is 0 Å². The molecular formula is C20H28N6. The third kappa shape index (κ3) is 4.12. The van der Waals surface area contributed by atoms with Crippen LogP contribution >= 0.6 is 0 Å². The maximum absolute atomic E-state index is 4.87. The Bertz CT molecular complexity index is 705. The summed E-state index contributed by atoms with van der Waals surface area (Å²) in [6, 6.07) is 8.28. The molecule has 0 aliphatic carbocycles. The predicted molar refractivity (Wildman–Crippen MR) is 105 cm³/mol. The molecule has 0 bridgehead atoms. The molecule has 0 atom stereocenters. The zero-order chi connectivity index (χ0) is 17.8. The number of piperazine rings is 1. The average Bonchev–Trinajstić information content (AvgIpc) is 3.22. The van der Waals surface area contributed by atoms with Crippen molar-refractivity contribution in [2.45, 2.75) is 26.2 Å². The third-order valence-electron chi connectivity index (χ3n) is 5.32. The Morgan fingerprint density at radius 1 is 0.923 bits per heavy atom. The van der Waals surface area contributed by atoms with E-state index in [4.69, 9.17) is 4.98 Å². The number of hydrogen-bond donors (Lipinski definition) is 0. The Morgan fingerprint density at radius 3 is 2.46 bits per heavy atom. The topological polar surface area (TPSA) is 48.4 Å². The Morgan fingerprint density at radius 2 is 1.73 bits per heavy atom. The minimum absolute atomic E-state index is 0.912. The summed E-state index contributed by atoms with van der Waals surface area (Å²) >= 11 is 0. The second kappa shape index (κ2) is 7.99. The van der Waals surface area contributed by atoms with Crippen LogP contribution in [0, 0.1) is 6.92 Å². The molecule has 2 aromatic heterocycles. The summed E-state index contributed by atoms with van der Waals surface area (Å²) < 4.78 is 0. The number of aromatic nitrogens is 3. The lowest BCUT2D eigenvalue weighted by Gasteiger charge is -2.35. The van der Waals surface area contributed by atoms with Gasteiger partial charge in [0.1, 0.15) is 5.82 Å². The molecule has 0 amide bonds. The number of rotatable bonds is 5. The summed E-state index contributed by atoms with van der Waals surface area (Å²) in [6.45, 7) is 9.54. The number of pyridine rings is 1. The van der Waals surface area contributed by atoms with Crippen molar-refractivity contribution in [1.82, 2.24) is 19.9 Å². The first-order valence-electron chi connectivity index (χ1n) is 9.76. The minimum Gasteiger partial charge on any atom is -0.354 e. The van der Waals surface area contributed by atoms with Crippen molar-refractivity contribution in [2.75, 3.05) is 55.6 Å². The fourth-order valence-electron chi connectivity index (χ4n) is 3.78. The largest absolute Gasteiger partial charge is 0.354 e. The van der Waals surface area contributed by atoms with Crippen LogP contribution in [0.4, 0.5) is 11.8 Å². The fourth-order valence-corrected chi connectivity index (χ4v) is 3.78. The molecule has 2 aliphatic rings. The van der Waals surface area contributed by atoms with E-state index >= 15 is 0 Å². The van der Waals surface area contributed by atoms with Gasteiger partial charge < -0.3 is 9.80 Å². The monoisotopic (exact) mass is 352 g/mol. The zero-order valence-electron chi connectivity index (χ0n) is 15.6. The summed E-state index contributed by atoms with van der Waals surface area (Å²) in [7, 11) is 0. The summed E-state index contributed by atoms with van der Waals surface area (Å²) in [5, 5.41) is 0. The lowest BCUT2D eigenvalue weighted by Crippen LogP contribution is -2.47. The molecule has 0 radical (unpaired) electrons. The van der Waals surface area contributed by atoms with Crippen LogP contribution in [0.2, 0.25) is 0 Å². The highest BCUT2D eigenvalue weighted by molar-refractivity contribution is 5.46. The van der Waals surface area contributed by atoms with Gasteiger partial charge in [0.05, 0.1) is 0 Å². The van der Waals surface area contributed by atoms with Gasteiger partial charge in [-0.2, -0.15) is 4.98 Å². The average molecular weight is 352 g/mol. The van der Waals surface area contributed by atoms with E-state index < -0.39 is 0 Å². The van der Waals surface area contributed by atoms with Gasteiger partial charge in [0.25, 0.3) is 0 Å². The number of hydrogen-bond acceptors (Lipinski definition) is 6. The van der Waals surface area contributed by atoms with Gasteiger partial charge in [-0.05, 0) is 31.9 Å². The molecule has 2 fully saturated rings. The molecule has 6 nitrogen and oxygen atoms in total. The van der Waals surface area contributed by atoms with Crippen molar-refractivity contribution in [1.29, 1.82) is 0 Å². The zero-order valence-corrected chi connectivity index (χ0v) is 15.6. The Kier molecular flexibility index (Phi) is 5.29. The van der Waals surface area contributed by atoms with Gasteiger partial charge in [-0.3, -0.25) is 9.88 Å². The van der Waals surface area contributed by atoms with Crippen molar-refractivity contribution in [3.05, 3.63) is 41.9 Å². The van der Waals surface area contributed by atoms with E-state index in [0.717, 1.165) is 69.7 Å². The minimum atomic E-state index is 0.912. The van der Waals surface area contributed by atoms with Crippen molar-refractivity contribution >= 4 is 11.8 Å². The summed E-state index contributed by atoms with van der Waals surface area (Å²) in [5.41, 5.74) is 2.24. The molecule has 138 valence electrons. The molecule has 0 aromatic carbocycles. The lowest BCUT2D eigenvalue weighted by atomic mass is 10.2. The normalized spacial score (nSPS) is 18.5.